The Hall–Kier alpha value is -1.14. The molecule has 4 N–H and O–H groups in total. The molecular weight excluding hydrogens is 222 g/mol. The van der Waals surface area contributed by atoms with Gasteiger partial charge in [0, 0.05) is 0 Å². The van der Waals surface area contributed by atoms with Gasteiger partial charge in [-0.3, -0.25) is 0 Å². The lowest BCUT2D eigenvalue weighted by Gasteiger charge is -2.16. The predicted octanol–water partition coefficient (Wildman–Crippen LogP) is -0.578. The van der Waals surface area contributed by atoms with Crippen molar-refractivity contribution in [2.45, 2.75) is 24.3 Å². The second-order valence-corrected chi connectivity index (χ2v) is 4.19. The molecule has 1 aliphatic rings. The van der Waals surface area contributed by atoms with E-state index in [9.17, 15) is 10.2 Å². The Morgan fingerprint density at radius 3 is 2.29 bits per heavy atom. The van der Waals surface area contributed by atoms with Crippen molar-refractivity contribution in [3.8, 4) is 5.75 Å². The number of ether oxygens (including phenoxy) is 1. The lowest BCUT2D eigenvalue weighted by atomic mass is 10.0. The van der Waals surface area contributed by atoms with E-state index >= 15 is 0 Å². The molecule has 0 aliphatic carbocycles. The van der Waals surface area contributed by atoms with Crippen molar-refractivity contribution in [1.29, 1.82) is 0 Å². The molecule has 0 amide bonds. The second kappa shape index (κ2) is 5.01. The molecule has 1 aromatic rings. The van der Waals surface area contributed by atoms with E-state index in [1.165, 1.54) is 0 Å². The van der Waals surface area contributed by atoms with E-state index in [0.29, 0.717) is 0 Å². The smallest absolute Gasteiger partial charge is 0.118 e. The van der Waals surface area contributed by atoms with E-state index in [1.54, 1.807) is 19.2 Å². The van der Waals surface area contributed by atoms with Gasteiger partial charge in [0.2, 0.25) is 0 Å². The highest BCUT2D eigenvalue weighted by Crippen LogP contribution is 2.28. The zero-order valence-electron chi connectivity index (χ0n) is 9.58. The number of aliphatic hydroxyl groups is 3. The molecular formula is C12H17NO4. The van der Waals surface area contributed by atoms with Crippen LogP contribution in [0.5, 0.6) is 5.75 Å². The van der Waals surface area contributed by atoms with Crippen LogP contribution in [0.25, 0.3) is 0 Å². The molecule has 1 aromatic carbocycles. The van der Waals surface area contributed by atoms with Gasteiger partial charge in [-0.1, -0.05) is 12.1 Å². The van der Waals surface area contributed by atoms with Crippen LogP contribution in [-0.4, -0.2) is 47.3 Å². The van der Waals surface area contributed by atoms with Crippen LogP contribution in [0, 0.1) is 0 Å². The number of hydrogen-bond donors (Lipinski definition) is 4. The Bertz CT molecular complexity index is 367. The first-order chi connectivity index (χ1) is 8.17. The van der Waals surface area contributed by atoms with Gasteiger partial charge in [-0.25, -0.2) is 0 Å². The van der Waals surface area contributed by atoms with Gasteiger partial charge in [-0.05, 0) is 17.7 Å². The molecule has 94 valence electrons. The molecule has 0 radical (unpaired) electrons. The zero-order chi connectivity index (χ0) is 12.4. The normalized spacial score (nSPS) is 32.7. The largest absolute Gasteiger partial charge is 0.497 e. The van der Waals surface area contributed by atoms with Crippen LogP contribution in [0.2, 0.25) is 0 Å². The predicted molar refractivity (Wildman–Crippen MR) is 61.8 cm³/mol. The van der Waals surface area contributed by atoms with Gasteiger partial charge in [0.05, 0.1) is 31.9 Å². The molecule has 17 heavy (non-hydrogen) atoms. The third-order valence-electron chi connectivity index (χ3n) is 3.17. The summed E-state index contributed by atoms with van der Waals surface area (Å²) >= 11 is 0. The molecule has 0 saturated carbocycles. The van der Waals surface area contributed by atoms with Crippen molar-refractivity contribution in [3.05, 3.63) is 29.8 Å². The van der Waals surface area contributed by atoms with Crippen LogP contribution in [0.3, 0.4) is 0 Å². The van der Waals surface area contributed by atoms with Gasteiger partial charge < -0.3 is 25.4 Å². The van der Waals surface area contributed by atoms with Crippen molar-refractivity contribution in [2.75, 3.05) is 13.7 Å². The van der Waals surface area contributed by atoms with Crippen LogP contribution < -0.4 is 10.1 Å². The average Bonchev–Trinajstić information content (AvgIpc) is 2.66. The first-order valence-corrected chi connectivity index (χ1v) is 5.54. The summed E-state index contributed by atoms with van der Waals surface area (Å²) in [5.74, 6) is 0.737. The van der Waals surface area contributed by atoms with Crippen molar-refractivity contribution in [3.63, 3.8) is 0 Å². The summed E-state index contributed by atoms with van der Waals surface area (Å²) in [6, 6.07) is 6.38. The minimum absolute atomic E-state index is 0.203. The number of hydrogen-bond acceptors (Lipinski definition) is 5. The summed E-state index contributed by atoms with van der Waals surface area (Å²) in [7, 11) is 1.59. The lowest BCUT2D eigenvalue weighted by molar-refractivity contribution is 0.0194. The van der Waals surface area contributed by atoms with E-state index in [2.05, 4.69) is 5.32 Å². The Kier molecular flexibility index (Phi) is 3.63. The second-order valence-electron chi connectivity index (χ2n) is 4.19. The van der Waals surface area contributed by atoms with Crippen LogP contribution in [0.15, 0.2) is 24.3 Å². The highest BCUT2D eigenvalue weighted by Gasteiger charge is 2.41. The summed E-state index contributed by atoms with van der Waals surface area (Å²) in [5.41, 5.74) is 0.855. The summed E-state index contributed by atoms with van der Waals surface area (Å²) in [6.45, 7) is -0.203. The number of methoxy groups -OCH3 is 1. The van der Waals surface area contributed by atoms with Gasteiger partial charge in [0.15, 0.2) is 0 Å². The molecule has 1 heterocycles. The third kappa shape index (κ3) is 2.28. The van der Waals surface area contributed by atoms with Gasteiger partial charge in [-0.15, -0.1) is 0 Å². The number of aliphatic hydroxyl groups excluding tert-OH is 3. The molecule has 1 aliphatic heterocycles. The first-order valence-electron chi connectivity index (χ1n) is 5.54. The molecule has 5 heteroatoms. The molecule has 0 bridgehead atoms. The fourth-order valence-electron chi connectivity index (χ4n) is 2.13. The first kappa shape index (κ1) is 12.3. The average molecular weight is 239 g/mol. The highest BCUT2D eigenvalue weighted by molar-refractivity contribution is 5.31. The van der Waals surface area contributed by atoms with Crippen molar-refractivity contribution in [2.24, 2.45) is 0 Å². The molecule has 5 nitrogen and oxygen atoms in total. The Morgan fingerprint density at radius 2 is 1.82 bits per heavy atom. The van der Waals surface area contributed by atoms with Crippen molar-refractivity contribution >= 4 is 0 Å². The van der Waals surface area contributed by atoms with Crippen LogP contribution in [0.1, 0.15) is 11.6 Å². The monoisotopic (exact) mass is 239 g/mol. The molecule has 0 aromatic heterocycles. The zero-order valence-corrected chi connectivity index (χ0v) is 9.58. The number of rotatable bonds is 3. The van der Waals surface area contributed by atoms with Gasteiger partial charge in [-0.2, -0.15) is 0 Å². The summed E-state index contributed by atoms with van der Waals surface area (Å²) in [5, 5.41) is 31.6. The summed E-state index contributed by atoms with van der Waals surface area (Å²) in [4.78, 5) is 0. The maximum absolute atomic E-state index is 9.88. The van der Waals surface area contributed by atoms with E-state index in [0.717, 1.165) is 11.3 Å². The Balaban J connectivity index is 2.16. The van der Waals surface area contributed by atoms with E-state index in [4.69, 9.17) is 9.84 Å². The lowest BCUT2D eigenvalue weighted by Crippen LogP contribution is -2.35. The summed E-state index contributed by atoms with van der Waals surface area (Å²) < 4.78 is 5.05. The third-order valence-corrected chi connectivity index (χ3v) is 3.17. The van der Waals surface area contributed by atoms with E-state index in [-0.39, 0.29) is 12.6 Å². The van der Waals surface area contributed by atoms with Crippen molar-refractivity contribution < 1.29 is 20.1 Å². The highest BCUT2D eigenvalue weighted by atomic mass is 16.5. The van der Waals surface area contributed by atoms with Gasteiger partial charge in [0.25, 0.3) is 0 Å². The number of nitrogens with one attached hydrogen (secondary N) is 1. The van der Waals surface area contributed by atoms with Crippen molar-refractivity contribution in [1.82, 2.24) is 5.32 Å². The fraction of sp³-hybridized carbons (Fsp3) is 0.500. The topological polar surface area (TPSA) is 82.0 Å². The standard InChI is InChI=1S/C12H17NO4/c1-17-8-4-2-7(3-5-8)10-12(16)11(15)9(6-14)13-10/h2-5,9-16H,6H2,1H3/t9-,10-,11-,12-/m1/s1. The van der Waals surface area contributed by atoms with Crippen LogP contribution in [-0.2, 0) is 0 Å². The minimum Gasteiger partial charge on any atom is -0.497 e. The molecule has 0 spiro atoms. The molecule has 4 atom stereocenters. The van der Waals surface area contributed by atoms with E-state index in [1.807, 2.05) is 12.1 Å². The molecule has 1 fully saturated rings. The maximum Gasteiger partial charge on any atom is 0.118 e. The maximum atomic E-state index is 9.88. The van der Waals surface area contributed by atoms with E-state index < -0.39 is 18.2 Å². The van der Waals surface area contributed by atoms with Gasteiger partial charge >= 0.3 is 0 Å². The van der Waals surface area contributed by atoms with Gasteiger partial charge in [0.1, 0.15) is 11.9 Å². The minimum atomic E-state index is -0.952. The quantitative estimate of drug-likeness (QED) is 0.567. The SMILES string of the molecule is COc1ccc([C@H]2N[C@H](CO)[C@@H](O)[C@@H]2O)cc1. The Morgan fingerprint density at radius 1 is 1.18 bits per heavy atom. The van der Waals surface area contributed by atoms with Crippen LogP contribution >= 0.6 is 0 Å². The molecule has 2 rings (SSSR count). The fourth-order valence-corrected chi connectivity index (χ4v) is 2.13. The molecule has 1 saturated heterocycles. The molecule has 0 unspecified atom stereocenters. The number of benzene rings is 1. The summed E-state index contributed by atoms with van der Waals surface area (Å²) in [6.07, 6.45) is -1.87. The van der Waals surface area contributed by atoms with Crippen LogP contribution in [0.4, 0.5) is 0 Å². The Labute approximate surface area is 99.7 Å².